The van der Waals surface area contributed by atoms with Crippen LogP contribution >= 0.6 is 23.1 Å². The number of benzene rings is 1. The maximum absolute atomic E-state index is 12.1. The van der Waals surface area contributed by atoms with Crippen molar-refractivity contribution in [3.05, 3.63) is 59.9 Å². The van der Waals surface area contributed by atoms with Crippen molar-refractivity contribution >= 4 is 45.6 Å². The van der Waals surface area contributed by atoms with Crippen molar-refractivity contribution < 1.29 is 4.79 Å². The molecule has 3 heterocycles. The molecule has 130 valence electrons. The van der Waals surface area contributed by atoms with Gasteiger partial charge in [0.15, 0.2) is 5.13 Å². The third kappa shape index (κ3) is 3.44. The molecule has 0 radical (unpaired) electrons. The molecule has 3 aromatic heterocycles. The van der Waals surface area contributed by atoms with E-state index in [9.17, 15) is 4.79 Å². The van der Waals surface area contributed by atoms with Crippen LogP contribution in [0.5, 0.6) is 0 Å². The van der Waals surface area contributed by atoms with E-state index in [1.807, 2.05) is 48.0 Å². The lowest BCUT2D eigenvalue weighted by molar-refractivity contribution is -0.115. The highest BCUT2D eigenvalue weighted by Gasteiger charge is 2.18. The number of aromatic nitrogens is 5. The smallest absolute Gasteiger partial charge is 0.253 e. The second kappa shape index (κ2) is 7.22. The molecule has 26 heavy (non-hydrogen) atoms. The number of nitrogens with zero attached hydrogens (tertiary/aromatic N) is 6. The summed E-state index contributed by atoms with van der Waals surface area (Å²) in [6.45, 7) is 1.54. The predicted molar refractivity (Wildman–Crippen MR) is 102 cm³/mol. The van der Waals surface area contributed by atoms with Gasteiger partial charge in [-0.1, -0.05) is 30.0 Å². The summed E-state index contributed by atoms with van der Waals surface area (Å²) in [5.41, 5.74) is 1.69. The fraction of sp³-hybridized carbons (Fsp3) is 0.118. The van der Waals surface area contributed by atoms with E-state index in [1.165, 1.54) is 30.0 Å². The lowest BCUT2D eigenvalue weighted by atomic mass is 10.3. The maximum Gasteiger partial charge on any atom is 0.253 e. The third-order valence-corrected chi connectivity index (χ3v) is 5.25. The van der Waals surface area contributed by atoms with Crippen LogP contribution in [0, 0.1) is 0 Å². The Morgan fingerprint density at radius 3 is 2.85 bits per heavy atom. The van der Waals surface area contributed by atoms with Gasteiger partial charge in [0.2, 0.25) is 11.1 Å². The first-order valence-electron chi connectivity index (χ1n) is 7.81. The van der Waals surface area contributed by atoms with Gasteiger partial charge in [0.25, 0.3) is 5.78 Å². The molecule has 0 unspecified atom stereocenters. The molecule has 0 aliphatic carbocycles. The molecule has 0 saturated heterocycles. The van der Waals surface area contributed by atoms with E-state index in [2.05, 4.69) is 20.1 Å². The summed E-state index contributed by atoms with van der Waals surface area (Å²) in [5.74, 6) is 1.12. The molecule has 0 aliphatic rings. The molecule has 1 aromatic carbocycles. The van der Waals surface area contributed by atoms with Crippen molar-refractivity contribution in [1.29, 1.82) is 0 Å². The fourth-order valence-corrected chi connectivity index (χ4v) is 4.09. The van der Waals surface area contributed by atoms with E-state index in [0.717, 1.165) is 11.4 Å². The van der Waals surface area contributed by atoms with Crippen LogP contribution in [0.1, 0.15) is 12.6 Å². The summed E-state index contributed by atoms with van der Waals surface area (Å²) < 4.78 is 1.64. The van der Waals surface area contributed by atoms with Gasteiger partial charge in [-0.05, 0) is 18.2 Å². The first-order valence-corrected chi connectivity index (χ1v) is 9.67. The highest BCUT2D eigenvalue weighted by atomic mass is 32.2. The number of para-hydroxylation sites is 1. The molecule has 0 aliphatic heterocycles. The van der Waals surface area contributed by atoms with Crippen LogP contribution in [-0.4, -0.2) is 30.5 Å². The summed E-state index contributed by atoms with van der Waals surface area (Å²) in [6.07, 6.45) is 3.50. The molecule has 0 N–H and O–H groups in total. The molecule has 1 amide bonds. The van der Waals surface area contributed by atoms with Crippen LogP contribution in [0.4, 0.5) is 10.8 Å². The van der Waals surface area contributed by atoms with Gasteiger partial charge in [0, 0.05) is 30.5 Å². The van der Waals surface area contributed by atoms with Gasteiger partial charge in [-0.2, -0.15) is 4.98 Å². The van der Waals surface area contributed by atoms with Crippen molar-refractivity contribution in [2.75, 3.05) is 4.90 Å². The average Bonchev–Trinajstić information content (AvgIpc) is 3.27. The molecule has 0 fully saturated rings. The minimum atomic E-state index is -0.0714. The highest BCUT2D eigenvalue weighted by molar-refractivity contribution is 7.98. The number of fused-ring (bicyclic) bond motifs is 1. The van der Waals surface area contributed by atoms with Gasteiger partial charge in [-0.15, -0.1) is 16.4 Å². The number of hydrogen-bond donors (Lipinski definition) is 0. The van der Waals surface area contributed by atoms with E-state index in [-0.39, 0.29) is 5.91 Å². The first-order chi connectivity index (χ1) is 12.7. The number of anilines is 2. The molecular formula is C17H14N6OS2. The quantitative estimate of drug-likeness (QED) is 0.491. The second-order valence-electron chi connectivity index (χ2n) is 5.36. The Kier molecular flexibility index (Phi) is 4.63. The predicted octanol–water partition coefficient (Wildman–Crippen LogP) is 3.56. The minimum Gasteiger partial charge on any atom is -0.274 e. The lowest BCUT2D eigenvalue weighted by Crippen LogP contribution is -2.22. The number of carbonyl (C=O) groups is 1. The minimum absolute atomic E-state index is 0.0714. The molecule has 0 bridgehead atoms. The SMILES string of the molecule is CC(=O)N(c1ccccc1)c1nc(CSc2nc3ncccn3n2)cs1. The van der Waals surface area contributed by atoms with Crippen LogP contribution in [0.15, 0.2) is 59.3 Å². The van der Waals surface area contributed by atoms with Crippen molar-refractivity contribution in [2.24, 2.45) is 0 Å². The molecule has 0 atom stereocenters. The van der Waals surface area contributed by atoms with Gasteiger partial charge in [0.05, 0.1) is 11.4 Å². The largest absolute Gasteiger partial charge is 0.274 e. The topological polar surface area (TPSA) is 76.3 Å². The average molecular weight is 382 g/mol. The Hall–Kier alpha value is -2.78. The molecular weight excluding hydrogens is 368 g/mol. The van der Waals surface area contributed by atoms with E-state index in [4.69, 9.17) is 0 Å². The van der Waals surface area contributed by atoms with Crippen LogP contribution in [0.3, 0.4) is 0 Å². The van der Waals surface area contributed by atoms with E-state index < -0.39 is 0 Å². The summed E-state index contributed by atoms with van der Waals surface area (Å²) in [5, 5.41) is 7.62. The molecule has 9 heteroatoms. The number of amides is 1. The maximum atomic E-state index is 12.1. The number of thioether (sulfide) groups is 1. The van der Waals surface area contributed by atoms with Crippen molar-refractivity contribution in [3.63, 3.8) is 0 Å². The van der Waals surface area contributed by atoms with E-state index >= 15 is 0 Å². The van der Waals surface area contributed by atoms with E-state index in [0.29, 0.717) is 21.8 Å². The standard InChI is InChI=1S/C17H14N6OS2/c1-12(24)23(14-6-3-2-4-7-14)17-19-13(11-26-17)10-25-16-20-15-18-8-5-9-22(15)21-16/h2-9,11H,10H2,1H3. The van der Waals surface area contributed by atoms with Gasteiger partial charge in [-0.3, -0.25) is 9.69 Å². The van der Waals surface area contributed by atoms with Gasteiger partial charge in [0.1, 0.15) is 0 Å². The van der Waals surface area contributed by atoms with Crippen LogP contribution in [0.25, 0.3) is 5.78 Å². The third-order valence-electron chi connectivity index (χ3n) is 3.51. The van der Waals surface area contributed by atoms with Crippen molar-refractivity contribution in [1.82, 2.24) is 24.6 Å². The van der Waals surface area contributed by atoms with Crippen LogP contribution in [-0.2, 0) is 10.5 Å². The first kappa shape index (κ1) is 16.7. The van der Waals surface area contributed by atoms with Gasteiger partial charge >= 0.3 is 0 Å². The fourth-order valence-electron chi connectivity index (χ4n) is 2.38. The number of rotatable bonds is 5. The lowest BCUT2D eigenvalue weighted by Gasteiger charge is -2.17. The van der Waals surface area contributed by atoms with Gasteiger partial charge in [-0.25, -0.2) is 14.5 Å². The van der Waals surface area contributed by atoms with E-state index in [1.54, 1.807) is 15.6 Å². The molecule has 7 nitrogen and oxygen atoms in total. The Bertz CT molecular complexity index is 1010. The number of thiazole rings is 1. The Morgan fingerprint density at radius 2 is 2.08 bits per heavy atom. The normalized spacial score (nSPS) is 11.0. The zero-order valence-electron chi connectivity index (χ0n) is 13.8. The zero-order valence-corrected chi connectivity index (χ0v) is 15.4. The Labute approximate surface area is 157 Å². The van der Waals surface area contributed by atoms with Gasteiger partial charge < -0.3 is 0 Å². The second-order valence-corrected chi connectivity index (χ2v) is 7.14. The Balaban J connectivity index is 1.51. The zero-order chi connectivity index (χ0) is 17.9. The Morgan fingerprint density at radius 1 is 1.23 bits per heavy atom. The monoisotopic (exact) mass is 382 g/mol. The highest BCUT2D eigenvalue weighted by Crippen LogP contribution is 2.30. The molecule has 4 rings (SSSR count). The van der Waals surface area contributed by atoms with Crippen molar-refractivity contribution in [2.45, 2.75) is 17.8 Å². The molecule has 0 spiro atoms. The summed E-state index contributed by atoms with van der Waals surface area (Å²) in [4.78, 5) is 26.8. The molecule has 0 saturated carbocycles. The van der Waals surface area contributed by atoms with Crippen LogP contribution < -0.4 is 4.90 Å². The molecule has 4 aromatic rings. The summed E-state index contributed by atoms with van der Waals surface area (Å²) in [6, 6.07) is 11.3. The summed E-state index contributed by atoms with van der Waals surface area (Å²) in [7, 11) is 0. The number of carbonyl (C=O) groups excluding carboxylic acids is 1. The number of hydrogen-bond acceptors (Lipinski definition) is 7. The van der Waals surface area contributed by atoms with Crippen LogP contribution in [0.2, 0.25) is 0 Å². The van der Waals surface area contributed by atoms with Crippen molar-refractivity contribution in [3.8, 4) is 0 Å². The summed E-state index contributed by atoms with van der Waals surface area (Å²) >= 11 is 2.93.